The van der Waals surface area contributed by atoms with Gasteiger partial charge in [0.2, 0.25) is 0 Å². The minimum atomic E-state index is -4.63. The second-order valence-electron chi connectivity index (χ2n) is 3.52. The van der Waals surface area contributed by atoms with Crippen molar-refractivity contribution in [3.8, 4) is 18.2 Å². The largest absolute Gasteiger partial charge is 0.416 e. The predicted octanol–water partition coefficient (Wildman–Crippen LogP) is 4.25. The highest BCUT2D eigenvalue weighted by Crippen LogP contribution is 2.39. The third-order valence-corrected chi connectivity index (χ3v) is 2.80. The molecule has 4 nitrogen and oxygen atoms in total. The number of allylic oxidation sites excluding steroid dienone is 2. The Morgan fingerprint density at radius 2 is 1.48 bits per heavy atom. The first-order valence-corrected chi connectivity index (χ1v) is 5.78. The molecule has 1 N–H and O–H groups in total. The van der Waals surface area contributed by atoms with Gasteiger partial charge in [-0.2, -0.15) is 29.0 Å². The first-order chi connectivity index (χ1) is 9.74. The van der Waals surface area contributed by atoms with Crippen LogP contribution < -0.4 is 5.32 Å². The molecule has 0 fully saturated rings. The standard InChI is InChI=1S/C12H3Cl2F3N4/c13-8-1-7(12(15,16)17)2-9(14)11(8)21-10(5-20)6(3-18)4-19/h1-2,21H. The Morgan fingerprint density at radius 3 is 1.81 bits per heavy atom. The summed E-state index contributed by atoms with van der Waals surface area (Å²) in [4.78, 5) is 0. The summed E-state index contributed by atoms with van der Waals surface area (Å²) >= 11 is 11.4. The number of rotatable bonds is 2. The van der Waals surface area contributed by atoms with E-state index in [1.807, 2.05) is 0 Å². The molecule has 0 spiro atoms. The summed E-state index contributed by atoms with van der Waals surface area (Å²) in [7, 11) is 0. The predicted molar refractivity (Wildman–Crippen MR) is 69.0 cm³/mol. The number of hydrogen-bond donors (Lipinski definition) is 1. The van der Waals surface area contributed by atoms with Crippen LogP contribution in [0.15, 0.2) is 23.4 Å². The normalized spacial score (nSPS) is 10.0. The molecule has 0 unspecified atom stereocenters. The molecule has 106 valence electrons. The number of halogens is 5. The van der Waals surface area contributed by atoms with Crippen molar-refractivity contribution >= 4 is 28.9 Å². The lowest BCUT2D eigenvalue weighted by Gasteiger charge is -2.13. The third-order valence-electron chi connectivity index (χ3n) is 2.20. The van der Waals surface area contributed by atoms with Crippen molar-refractivity contribution in [3.05, 3.63) is 39.0 Å². The van der Waals surface area contributed by atoms with Crippen molar-refractivity contribution in [2.45, 2.75) is 6.18 Å². The molecule has 1 rings (SSSR count). The van der Waals surface area contributed by atoms with Crippen molar-refractivity contribution in [1.82, 2.24) is 0 Å². The number of nitriles is 3. The second-order valence-corrected chi connectivity index (χ2v) is 4.34. The molecule has 0 aromatic heterocycles. The maximum atomic E-state index is 12.6. The van der Waals surface area contributed by atoms with Crippen LogP contribution in [-0.4, -0.2) is 0 Å². The topological polar surface area (TPSA) is 83.4 Å². The lowest BCUT2D eigenvalue weighted by atomic mass is 10.2. The molecule has 9 heteroatoms. The van der Waals surface area contributed by atoms with E-state index in [-0.39, 0.29) is 5.69 Å². The average molecular weight is 331 g/mol. The van der Waals surface area contributed by atoms with Gasteiger partial charge in [0, 0.05) is 0 Å². The Labute approximate surface area is 127 Å². The molecule has 0 bridgehead atoms. The molecule has 0 amide bonds. The van der Waals surface area contributed by atoms with Crippen LogP contribution in [0.2, 0.25) is 10.0 Å². The molecule has 0 saturated heterocycles. The fraction of sp³-hybridized carbons (Fsp3) is 0.0833. The van der Waals surface area contributed by atoms with Crippen LogP contribution in [-0.2, 0) is 6.18 Å². The smallest absolute Gasteiger partial charge is 0.343 e. The summed E-state index contributed by atoms with van der Waals surface area (Å²) in [6.45, 7) is 0. The van der Waals surface area contributed by atoms with Gasteiger partial charge in [-0.05, 0) is 12.1 Å². The lowest BCUT2D eigenvalue weighted by molar-refractivity contribution is -0.137. The van der Waals surface area contributed by atoms with Crippen molar-refractivity contribution in [1.29, 1.82) is 15.8 Å². The van der Waals surface area contributed by atoms with E-state index < -0.39 is 33.1 Å². The Bertz CT molecular complexity index is 694. The van der Waals surface area contributed by atoms with Gasteiger partial charge in [-0.3, -0.25) is 0 Å². The van der Waals surface area contributed by atoms with Crippen molar-refractivity contribution in [2.24, 2.45) is 0 Å². The summed E-state index contributed by atoms with van der Waals surface area (Å²) in [5, 5.41) is 27.6. The van der Waals surface area contributed by atoms with E-state index in [4.69, 9.17) is 39.0 Å². The van der Waals surface area contributed by atoms with Gasteiger partial charge in [-0.15, -0.1) is 0 Å². The number of alkyl halides is 3. The fourth-order valence-corrected chi connectivity index (χ4v) is 1.85. The van der Waals surface area contributed by atoms with Crippen molar-refractivity contribution in [2.75, 3.05) is 5.32 Å². The molecule has 0 aliphatic rings. The summed E-state index contributed by atoms with van der Waals surface area (Å²) in [5.74, 6) is 0. The zero-order valence-corrected chi connectivity index (χ0v) is 11.4. The summed E-state index contributed by atoms with van der Waals surface area (Å²) < 4.78 is 37.7. The molecule has 0 aliphatic carbocycles. The monoisotopic (exact) mass is 330 g/mol. The molecule has 1 aromatic carbocycles. The minimum absolute atomic E-state index is 0.203. The van der Waals surface area contributed by atoms with Crippen LogP contribution in [0.3, 0.4) is 0 Å². The second kappa shape index (κ2) is 6.37. The molecule has 0 saturated carbocycles. The summed E-state index contributed by atoms with van der Waals surface area (Å²) in [5.41, 5.74) is -2.29. The number of nitrogens with zero attached hydrogens (tertiary/aromatic N) is 3. The Balaban J connectivity index is 3.37. The fourth-order valence-electron chi connectivity index (χ4n) is 1.26. The zero-order valence-electron chi connectivity index (χ0n) is 9.89. The summed E-state index contributed by atoms with van der Waals surface area (Å²) in [6.07, 6.45) is -4.63. The van der Waals surface area contributed by atoms with E-state index in [1.165, 1.54) is 18.2 Å². The van der Waals surface area contributed by atoms with E-state index in [9.17, 15) is 13.2 Å². The van der Waals surface area contributed by atoms with Crippen LogP contribution in [0.5, 0.6) is 0 Å². The van der Waals surface area contributed by atoms with Gasteiger partial charge < -0.3 is 5.32 Å². The average Bonchev–Trinajstić information content (AvgIpc) is 2.40. The van der Waals surface area contributed by atoms with E-state index in [0.717, 1.165) is 0 Å². The van der Waals surface area contributed by atoms with E-state index >= 15 is 0 Å². The number of nitrogens with one attached hydrogen (secondary N) is 1. The number of anilines is 1. The summed E-state index contributed by atoms with van der Waals surface area (Å²) in [6, 6.07) is 5.69. The van der Waals surface area contributed by atoms with Gasteiger partial charge in [-0.1, -0.05) is 23.2 Å². The van der Waals surface area contributed by atoms with E-state index in [1.54, 1.807) is 0 Å². The maximum absolute atomic E-state index is 12.6. The van der Waals surface area contributed by atoms with Gasteiger partial charge in [0.25, 0.3) is 0 Å². The molecule has 21 heavy (non-hydrogen) atoms. The third kappa shape index (κ3) is 3.79. The number of benzene rings is 1. The molecule has 0 radical (unpaired) electrons. The van der Waals surface area contributed by atoms with Gasteiger partial charge in [0.15, 0.2) is 5.57 Å². The van der Waals surface area contributed by atoms with Gasteiger partial charge in [-0.25, -0.2) is 0 Å². The van der Waals surface area contributed by atoms with Gasteiger partial charge >= 0.3 is 6.18 Å². The SMILES string of the molecule is N#CC(C#N)=C(C#N)Nc1c(Cl)cc(C(F)(F)F)cc1Cl. The zero-order chi connectivity index (χ0) is 16.2. The highest BCUT2D eigenvalue weighted by atomic mass is 35.5. The lowest BCUT2D eigenvalue weighted by Crippen LogP contribution is -2.07. The molecule has 0 heterocycles. The Morgan fingerprint density at radius 1 is 1.00 bits per heavy atom. The Hall–Kier alpha value is -2.40. The van der Waals surface area contributed by atoms with Crippen LogP contribution in [0, 0.1) is 34.0 Å². The van der Waals surface area contributed by atoms with Crippen LogP contribution in [0.1, 0.15) is 5.56 Å². The van der Waals surface area contributed by atoms with E-state index in [0.29, 0.717) is 12.1 Å². The first kappa shape index (κ1) is 16.7. The number of hydrogen-bond acceptors (Lipinski definition) is 4. The molecule has 0 aliphatic heterocycles. The van der Waals surface area contributed by atoms with Crippen LogP contribution in [0.25, 0.3) is 0 Å². The first-order valence-electron chi connectivity index (χ1n) is 5.02. The maximum Gasteiger partial charge on any atom is 0.416 e. The molecular formula is C12H3Cl2F3N4. The van der Waals surface area contributed by atoms with Crippen LogP contribution >= 0.6 is 23.2 Å². The highest BCUT2D eigenvalue weighted by Gasteiger charge is 2.32. The molecule has 1 aromatic rings. The Kier molecular flexibility index (Phi) is 5.05. The molecule has 0 atom stereocenters. The van der Waals surface area contributed by atoms with Crippen molar-refractivity contribution in [3.63, 3.8) is 0 Å². The van der Waals surface area contributed by atoms with E-state index in [2.05, 4.69) is 5.32 Å². The van der Waals surface area contributed by atoms with Crippen molar-refractivity contribution < 1.29 is 13.2 Å². The highest BCUT2D eigenvalue weighted by molar-refractivity contribution is 6.39. The van der Waals surface area contributed by atoms with Gasteiger partial charge in [0.1, 0.15) is 23.9 Å². The minimum Gasteiger partial charge on any atom is -0.343 e. The molecular weight excluding hydrogens is 328 g/mol. The van der Waals surface area contributed by atoms with Gasteiger partial charge in [0.05, 0.1) is 21.3 Å². The van der Waals surface area contributed by atoms with Crippen LogP contribution in [0.4, 0.5) is 18.9 Å². The quantitative estimate of drug-likeness (QED) is 0.821.